The first-order valence-electron chi connectivity index (χ1n) is 4.46. The van der Waals surface area contributed by atoms with Crippen molar-refractivity contribution in [1.82, 2.24) is 0 Å². The van der Waals surface area contributed by atoms with Gasteiger partial charge in [0.1, 0.15) is 11.3 Å². The Morgan fingerprint density at radius 2 is 2.14 bits per heavy atom. The van der Waals surface area contributed by atoms with E-state index in [1.807, 2.05) is 13.0 Å². The summed E-state index contributed by atoms with van der Waals surface area (Å²) in [5.74, 6) is 0.175. The van der Waals surface area contributed by atoms with Gasteiger partial charge in [-0.15, -0.1) is 0 Å². The predicted molar refractivity (Wildman–Crippen MR) is 53.5 cm³/mol. The van der Waals surface area contributed by atoms with E-state index in [1.165, 1.54) is 12.1 Å². The number of hydrogen-bond donors (Lipinski definition) is 1. The standard InChI is InChI=1S/C11H10O3/c1-2-7-5-8-3-4-11(13)14-10(8)6-9(7)12/h3-6,12H,2H2,1H3. The van der Waals surface area contributed by atoms with Crippen LogP contribution in [0.1, 0.15) is 12.5 Å². The van der Waals surface area contributed by atoms with Crippen LogP contribution < -0.4 is 5.63 Å². The van der Waals surface area contributed by atoms with Crippen LogP contribution in [0.3, 0.4) is 0 Å². The molecule has 2 rings (SSSR count). The Kier molecular flexibility index (Phi) is 2.00. The molecular formula is C11H10O3. The van der Waals surface area contributed by atoms with Gasteiger partial charge in [0.15, 0.2) is 0 Å². The molecule has 0 atom stereocenters. The van der Waals surface area contributed by atoms with E-state index in [1.54, 1.807) is 6.07 Å². The van der Waals surface area contributed by atoms with Crippen molar-refractivity contribution in [2.45, 2.75) is 13.3 Å². The molecule has 2 aromatic rings. The zero-order valence-electron chi connectivity index (χ0n) is 7.78. The average molecular weight is 190 g/mol. The molecule has 3 heteroatoms. The van der Waals surface area contributed by atoms with Gasteiger partial charge in [-0.25, -0.2) is 4.79 Å². The molecule has 0 amide bonds. The highest BCUT2D eigenvalue weighted by Crippen LogP contribution is 2.24. The van der Waals surface area contributed by atoms with Crippen LogP contribution in [0.15, 0.2) is 33.5 Å². The van der Waals surface area contributed by atoms with Crippen LogP contribution >= 0.6 is 0 Å². The second-order valence-electron chi connectivity index (χ2n) is 3.13. The summed E-state index contributed by atoms with van der Waals surface area (Å²) in [7, 11) is 0. The summed E-state index contributed by atoms with van der Waals surface area (Å²) in [4.78, 5) is 10.9. The molecule has 72 valence electrons. The Labute approximate surface area is 80.6 Å². The van der Waals surface area contributed by atoms with E-state index in [9.17, 15) is 9.90 Å². The van der Waals surface area contributed by atoms with E-state index in [-0.39, 0.29) is 5.75 Å². The Bertz CT molecular complexity index is 526. The number of benzene rings is 1. The van der Waals surface area contributed by atoms with Crippen molar-refractivity contribution >= 4 is 11.0 Å². The molecule has 1 N–H and O–H groups in total. The quantitative estimate of drug-likeness (QED) is 0.700. The fourth-order valence-electron chi connectivity index (χ4n) is 1.44. The van der Waals surface area contributed by atoms with Gasteiger partial charge in [0.05, 0.1) is 0 Å². The average Bonchev–Trinajstić information content (AvgIpc) is 2.16. The lowest BCUT2D eigenvalue weighted by Crippen LogP contribution is -1.94. The summed E-state index contributed by atoms with van der Waals surface area (Å²) >= 11 is 0. The van der Waals surface area contributed by atoms with E-state index in [2.05, 4.69) is 0 Å². The fraction of sp³-hybridized carbons (Fsp3) is 0.182. The second kappa shape index (κ2) is 3.18. The minimum atomic E-state index is -0.402. The van der Waals surface area contributed by atoms with Crippen LogP contribution in [-0.4, -0.2) is 5.11 Å². The largest absolute Gasteiger partial charge is 0.508 e. The molecule has 0 fully saturated rings. The first kappa shape index (κ1) is 8.81. The Morgan fingerprint density at radius 1 is 1.36 bits per heavy atom. The molecular weight excluding hydrogens is 180 g/mol. The number of phenols is 1. The zero-order chi connectivity index (χ0) is 10.1. The number of aromatic hydroxyl groups is 1. The number of phenolic OH excluding ortho intramolecular Hbond substituents is 1. The number of fused-ring (bicyclic) bond motifs is 1. The fourth-order valence-corrected chi connectivity index (χ4v) is 1.44. The molecule has 14 heavy (non-hydrogen) atoms. The summed E-state index contributed by atoms with van der Waals surface area (Å²) < 4.78 is 4.93. The minimum Gasteiger partial charge on any atom is -0.508 e. The van der Waals surface area contributed by atoms with E-state index in [0.717, 1.165) is 17.4 Å². The second-order valence-corrected chi connectivity index (χ2v) is 3.13. The Balaban J connectivity index is 2.79. The highest BCUT2D eigenvalue weighted by atomic mass is 16.4. The molecule has 0 aliphatic carbocycles. The maximum absolute atomic E-state index is 10.9. The maximum atomic E-state index is 10.9. The van der Waals surface area contributed by atoms with Crippen molar-refractivity contribution in [1.29, 1.82) is 0 Å². The summed E-state index contributed by atoms with van der Waals surface area (Å²) in [6.45, 7) is 1.96. The van der Waals surface area contributed by atoms with Gasteiger partial charge in [0.25, 0.3) is 0 Å². The first-order valence-corrected chi connectivity index (χ1v) is 4.46. The molecule has 1 aromatic carbocycles. The van der Waals surface area contributed by atoms with Gasteiger partial charge in [0, 0.05) is 17.5 Å². The monoisotopic (exact) mass is 190 g/mol. The van der Waals surface area contributed by atoms with E-state index in [0.29, 0.717) is 5.58 Å². The predicted octanol–water partition coefficient (Wildman–Crippen LogP) is 2.06. The molecule has 0 saturated heterocycles. The molecule has 1 aromatic heterocycles. The summed E-state index contributed by atoms with van der Waals surface area (Å²) in [5.41, 5.74) is 0.875. The van der Waals surface area contributed by atoms with E-state index < -0.39 is 5.63 Å². The molecule has 1 heterocycles. The molecule has 3 nitrogen and oxygen atoms in total. The summed E-state index contributed by atoms with van der Waals surface area (Å²) in [5, 5.41) is 10.4. The first-order chi connectivity index (χ1) is 6.70. The van der Waals surface area contributed by atoms with E-state index >= 15 is 0 Å². The van der Waals surface area contributed by atoms with Crippen molar-refractivity contribution in [2.75, 3.05) is 0 Å². The zero-order valence-corrected chi connectivity index (χ0v) is 7.78. The van der Waals surface area contributed by atoms with Gasteiger partial charge < -0.3 is 9.52 Å². The molecule has 0 bridgehead atoms. The lowest BCUT2D eigenvalue weighted by molar-refractivity contribution is 0.467. The van der Waals surface area contributed by atoms with Gasteiger partial charge in [-0.2, -0.15) is 0 Å². The lowest BCUT2D eigenvalue weighted by Gasteiger charge is -2.02. The third kappa shape index (κ3) is 1.37. The van der Waals surface area contributed by atoms with Crippen LogP contribution in [0.25, 0.3) is 11.0 Å². The van der Waals surface area contributed by atoms with Gasteiger partial charge >= 0.3 is 5.63 Å². The topological polar surface area (TPSA) is 50.4 Å². The van der Waals surface area contributed by atoms with Crippen molar-refractivity contribution in [2.24, 2.45) is 0 Å². The molecule has 0 saturated carbocycles. The third-order valence-electron chi connectivity index (χ3n) is 2.20. The van der Waals surface area contributed by atoms with Crippen LogP contribution in [0.4, 0.5) is 0 Å². The van der Waals surface area contributed by atoms with Crippen molar-refractivity contribution < 1.29 is 9.52 Å². The number of aryl methyl sites for hydroxylation is 1. The van der Waals surface area contributed by atoms with Crippen LogP contribution in [0, 0.1) is 0 Å². The number of rotatable bonds is 1. The van der Waals surface area contributed by atoms with Crippen molar-refractivity contribution in [3.05, 3.63) is 40.2 Å². The smallest absolute Gasteiger partial charge is 0.336 e. The van der Waals surface area contributed by atoms with Crippen molar-refractivity contribution in [3.8, 4) is 5.75 Å². The van der Waals surface area contributed by atoms with Gasteiger partial charge in [-0.3, -0.25) is 0 Å². The van der Waals surface area contributed by atoms with Crippen LogP contribution in [0.5, 0.6) is 5.75 Å². The van der Waals surface area contributed by atoms with Crippen molar-refractivity contribution in [3.63, 3.8) is 0 Å². The summed E-state index contributed by atoms with van der Waals surface area (Å²) in [6, 6.07) is 6.38. The normalized spacial score (nSPS) is 10.6. The highest BCUT2D eigenvalue weighted by Gasteiger charge is 2.03. The lowest BCUT2D eigenvalue weighted by atomic mass is 10.1. The minimum absolute atomic E-state index is 0.175. The molecule has 0 aliphatic heterocycles. The number of hydrogen-bond acceptors (Lipinski definition) is 3. The molecule has 0 unspecified atom stereocenters. The van der Waals surface area contributed by atoms with Gasteiger partial charge in [0.2, 0.25) is 0 Å². The highest BCUT2D eigenvalue weighted by molar-refractivity contribution is 5.79. The van der Waals surface area contributed by atoms with Crippen LogP contribution in [0.2, 0.25) is 0 Å². The summed E-state index contributed by atoms with van der Waals surface area (Å²) in [6.07, 6.45) is 0.751. The third-order valence-corrected chi connectivity index (χ3v) is 2.20. The van der Waals surface area contributed by atoms with Gasteiger partial charge in [-0.05, 0) is 24.1 Å². The SMILES string of the molecule is CCc1cc2ccc(=O)oc2cc1O. The van der Waals surface area contributed by atoms with Gasteiger partial charge in [-0.1, -0.05) is 6.92 Å². The van der Waals surface area contributed by atoms with E-state index in [4.69, 9.17) is 4.42 Å². The molecule has 0 spiro atoms. The molecule has 0 aliphatic rings. The maximum Gasteiger partial charge on any atom is 0.336 e. The molecule has 0 radical (unpaired) electrons. The Morgan fingerprint density at radius 3 is 2.86 bits per heavy atom. The van der Waals surface area contributed by atoms with Crippen LogP contribution in [-0.2, 0) is 6.42 Å². The Hall–Kier alpha value is -1.77.